The number of aromatic nitrogens is 1. The second-order valence-electron chi connectivity index (χ2n) is 10.8. The summed E-state index contributed by atoms with van der Waals surface area (Å²) < 4.78 is 32.5. The van der Waals surface area contributed by atoms with E-state index in [9.17, 15) is 4.39 Å². The lowest BCUT2D eigenvalue weighted by Gasteiger charge is -2.29. The number of likely N-dealkylation sites (N-methyl/N-ethyl adjacent to an activating group) is 1. The van der Waals surface area contributed by atoms with Crippen LogP contribution in [0.1, 0.15) is 42.8 Å². The van der Waals surface area contributed by atoms with Crippen LogP contribution in [0.4, 0.5) is 14.5 Å². The molecule has 0 N–H and O–H groups in total. The molecule has 0 spiro atoms. The number of aryl methyl sites for hydroxylation is 1. The first kappa shape index (κ1) is 26.4. The second kappa shape index (κ2) is 10.6. The second-order valence-corrected chi connectivity index (χ2v) is 11.9. The van der Waals surface area contributed by atoms with Gasteiger partial charge in [-0.15, -0.1) is 0 Å². The zero-order valence-electron chi connectivity index (χ0n) is 23.1. The summed E-state index contributed by atoms with van der Waals surface area (Å²) in [6.45, 7) is 5.39. The minimum Gasteiger partial charge on any atom is -0.347 e. The molecule has 6 rings (SSSR count). The maximum absolute atomic E-state index is 15.0. The minimum atomic E-state index is -0.556. The number of para-hydroxylation sites is 1. The summed E-state index contributed by atoms with van der Waals surface area (Å²) >= 11 is 1.80. The Morgan fingerprint density at radius 1 is 0.975 bits per heavy atom. The molecule has 4 aromatic carbocycles. The first-order valence-corrected chi connectivity index (χ1v) is 14.7. The van der Waals surface area contributed by atoms with Crippen molar-refractivity contribution in [3.05, 3.63) is 124 Å². The number of halogens is 2. The number of hydrogen-bond acceptors (Lipinski definition) is 2. The highest BCUT2D eigenvalue weighted by atomic mass is 32.1. The molecule has 202 valence electrons. The summed E-state index contributed by atoms with van der Waals surface area (Å²) in [5.41, 5.74) is 4.63. The van der Waals surface area contributed by atoms with E-state index in [4.69, 9.17) is 0 Å². The van der Waals surface area contributed by atoms with Gasteiger partial charge in [-0.2, -0.15) is 4.57 Å². The molecule has 1 aliphatic heterocycles. The predicted molar refractivity (Wildman–Crippen MR) is 164 cm³/mol. The van der Waals surface area contributed by atoms with Gasteiger partial charge >= 0.3 is 0 Å². The average Bonchev–Trinajstić information content (AvgIpc) is 3.41. The molecule has 40 heavy (non-hydrogen) atoms. The van der Waals surface area contributed by atoms with Gasteiger partial charge < -0.3 is 4.90 Å². The molecule has 0 radical (unpaired) electrons. The van der Waals surface area contributed by atoms with Gasteiger partial charge in [0.1, 0.15) is 16.3 Å². The number of rotatable bonds is 7. The monoisotopic (exact) mass is 551 g/mol. The highest BCUT2D eigenvalue weighted by molar-refractivity contribution is 7.18. The van der Waals surface area contributed by atoms with Gasteiger partial charge in [0.25, 0.3) is 5.01 Å². The Bertz CT molecular complexity index is 1780. The van der Waals surface area contributed by atoms with Crippen molar-refractivity contribution in [2.45, 2.75) is 45.1 Å². The van der Waals surface area contributed by atoms with Crippen LogP contribution in [0.5, 0.6) is 0 Å². The highest BCUT2D eigenvalue weighted by Crippen LogP contribution is 2.52. The van der Waals surface area contributed by atoms with E-state index in [2.05, 4.69) is 103 Å². The third kappa shape index (κ3) is 4.52. The van der Waals surface area contributed by atoms with Gasteiger partial charge in [0.05, 0.1) is 0 Å². The van der Waals surface area contributed by atoms with E-state index >= 15 is 4.39 Å². The first-order chi connectivity index (χ1) is 19.4. The van der Waals surface area contributed by atoms with E-state index in [1.807, 2.05) is 6.07 Å². The van der Waals surface area contributed by atoms with Gasteiger partial charge in [0.15, 0.2) is 6.54 Å². The number of hydrogen-bond donors (Lipinski definition) is 0. The molecular weight excluding hydrogens is 518 g/mol. The number of benzene rings is 4. The summed E-state index contributed by atoms with van der Waals surface area (Å²) in [6, 6.07) is 25.2. The number of anilines is 1. The van der Waals surface area contributed by atoms with Gasteiger partial charge in [0, 0.05) is 48.5 Å². The third-order valence-electron chi connectivity index (χ3n) is 8.17. The zero-order chi connectivity index (χ0) is 27.9. The SMILES string of the molecule is CCCC[n+]1c(C=CC=C2N(C)c3ccc4ccccc4c3C2(C)Cc2ccc(F)cc2F)sc2ccccc21. The Morgan fingerprint density at radius 2 is 1.77 bits per heavy atom. The molecule has 0 fully saturated rings. The maximum atomic E-state index is 15.0. The Morgan fingerprint density at radius 3 is 2.60 bits per heavy atom. The minimum absolute atomic E-state index is 0.420. The molecule has 0 aliphatic carbocycles. The lowest BCUT2D eigenvalue weighted by atomic mass is 9.74. The summed E-state index contributed by atoms with van der Waals surface area (Å²) in [7, 11) is 2.08. The Balaban J connectivity index is 1.47. The Kier molecular flexibility index (Phi) is 7.01. The smallest absolute Gasteiger partial charge is 0.262 e. The van der Waals surface area contributed by atoms with E-state index in [1.165, 1.54) is 26.9 Å². The molecule has 2 nitrogen and oxygen atoms in total. The Labute approximate surface area is 238 Å². The normalized spacial score (nSPS) is 18.0. The molecule has 0 saturated heterocycles. The van der Waals surface area contributed by atoms with Crippen LogP contribution in [0.2, 0.25) is 0 Å². The quantitative estimate of drug-likeness (QED) is 0.183. The highest BCUT2D eigenvalue weighted by Gasteiger charge is 2.43. The van der Waals surface area contributed by atoms with Gasteiger partial charge in [-0.1, -0.05) is 79.3 Å². The van der Waals surface area contributed by atoms with Gasteiger partial charge in [-0.25, -0.2) is 8.78 Å². The molecule has 0 saturated carbocycles. The van der Waals surface area contributed by atoms with E-state index in [1.54, 1.807) is 17.4 Å². The van der Waals surface area contributed by atoms with Crippen LogP contribution in [0, 0.1) is 11.6 Å². The molecule has 0 bridgehead atoms. The number of nitrogens with zero attached hydrogens (tertiary/aromatic N) is 2. The van der Waals surface area contributed by atoms with Gasteiger partial charge in [-0.05, 0) is 59.5 Å². The van der Waals surface area contributed by atoms with E-state index in [-0.39, 0.29) is 0 Å². The number of unbranched alkanes of at least 4 members (excludes halogenated alkanes) is 1. The van der Waals surface area contributed by atoms with Crippen molar-refractivity contribution in [2.75, 3.05) is 11.9 Å². The van der Waals surface area contributed by atoms with Crippen molar-refractivity contribution in [3.63, 3.8) is 0 Å². The molecule has 2 heterocycles. The number of allylic oxidation sites excluding steroid dienone is 3. The van der Waals surface area contributed by atoms with Crippen LogP contribution in [0.3, 0.4) is 0 Å². The summed E-state index contributed by atoms with van der Waals surface area (Å²) in [4.78, 5) is 2.23. The standard InChI is InChI=1S/C35H33F2N2S/c1-4-5-21-39-29-13-8-9-14-31(29)40-33(39)16-10-15-32-35(2,23-25-17-19-26(36)22-28(25)37)34-27-12-7-6-11-24(27)18-20-30(34)38(32)3/h6-20,22H,4-5,21,23H2,1-3H3/q+1. The lowest BCUT2D eigenvalue weighted by Crippen LogP contribution is -2.34. The van der Waals surface area contributed by atoms with Crippen LogP contribution in [-0.4, -0.2) is 7.05 Å². The topological polar surface area (TPSA) is 7.12 Å². The van der Waals surface area contributed by atoms with Crippen molar-refractivity contribution < 1.29 is 13.3 Å². The van der Waals surface area contributed by atoms with Crippen LogP contribution < -0.4 is 9.47 Å². The van der Waals surface area contributed by atoms with Crippen molar-refractivity contribution in [1.29, 1.82) is 0 Å². The van der Waals surface area contributed by atoms with Crippen LogP contribution in [0.25, 0.3) is 27.1 Å². The predicted octanol–water partition coefficient (Wildman–Crippen LogP) is 8.97. The number of thiazole rings is 1. The molecule has 1 aromatic heterocycles. The molecule has 1 aliphatic rings. The Hall–Kier alpha value is -3.83. The van der Waals surface area contributed by atoms with Crippen molar-refractivity contribution in [3.8, 4) is 0 Å². The molecule has 5 aromatic rings. The fourth-order valence-electron chi connectivity index (χ4n) is 6.21. The van der Waals surface area contributed by atoms with Crippen molar-refractivity contribution in [2.24, 2.45) is 0 Å². The van der Waals surface area contributed by atoms with Crippen LogP contribution in [0.15, 0.2) is 96.7 Å². The molecule has 1 unspecified atom stereocenters. The van der Waals surface area contributed by atoms with Gasteiger partial charge in [-0.3, -0.25) is 0 Å². The zero-order valence-corrected chi connectivity index (χ0v) is 23.9. The largest absolute Gasteiger partial charge is 0.347 e. The number of fused-ring (bicyclic) bond motifs is 4. The summed E-state index contributed by atoms with van der Waals surface area (Å²) in [5, 5.41) is 3.52. The average molecular weight is 552 g/mol. The van der Waals surface area contributed by atoms with E-state index in [0.29, 0.717) is 12.0 Å². The van der Waals surface area contributed by atoms with Crippen LogP contribution in [-0.2, 0) is 18.4 Å². The molecular formula is C35H33F2N2S+. The third-order valence-corrected chi connectivity index (χ3v) is 9.30. The van der Waals surface area contributed by atoms with Gasteiger partial charge in [0.2, 0.25) is 5.52 Å². The maximum Gasteiger partial charge on any atom is 0.262 e. The molecule has 0 amide bonds. The van der Waals surface area contributed by atoms with Crippen molar-refractivity contribution >= 4 is 44.1 Å². The van der Waals surface area contributed by atoms with Crippen molar-refractivity contribution in [1.82, 2.24) is 0 Å². The summed E-state index contributed by atoms with van der Waals surface area (Å²) in [5.74, 6) is -1.06. The lowest BCUT2D eigenvalue weighted by molar-refractivity contribution is -0.669. The van der Waals surface area contributed by atoms with E-state index in [0.717, 1.165) is 47.6 Å². The fraction of sp³-hybridized carbons (Fsp3) is 0.229. The van der Waals surface area contributed by atoms with Crippen LogP contribution >= 0.6 is 11.3 Å². The molecule has 1 atom stereocenters. The summed E-state index contributed by atoms with van der Waals surface area (Å²) in [6.07, 6.45) is 9.18. The molecule has 5 heteroatoms. The van der Waals surface area contributed by atoms with E-state index < -0.39 is 17.0 Å². The fourth-order valence-corrected chi connectivity index (χ4v) is 7.31. The first-order valence-electron chi connectivity index (χ1n) is 13.9.